The molecule has 2 heterocycles. The zero-order valence-corrected chi connectivity index (χ0v) is 25.2. The topological polar surface area (TPSA) is 155 Å². The third kappa shape index (κ3) is 7.86. The first-order valence-electron chi connectivity index (χ1n) is 14.2. The number of amides is 4. The highest BCUT2D eigenvalue weighted by Gasteiger charge is 2.38. The predicted molar refractivity (Wildman–Crippen MR) is 159 cm³/mol. The highest BCUT2D eigenvalue weighted by molar-refractivity contribution is 7.18. The van der Waals surface area contributed by atoms with Crippen molar-refractivity contribution in [2.45, 2.75) is 70.5 Å². The minimum Gasteiger partial charge on any atom is -0.353 e. The van der Waals surface area contributed by atoms with E-state index in [9.17, 15) is 28.8 Å². The molecule has 11 nitrogen and oxygen atoms in total. The van der Waals surface area contributed by atoms with Crippen LogP contribution in [0.5, 0.6) is 0 Å². The van der Waals surface area contributed by atoms with Crippen LogP contribution in [0.15, 0.2) is 35.3 Å². The molecule has 4 N–H and O–H groups in total. The van der Waals surface area contributed by atoms with Gasteiger partial charge in [0.2, 0.25) is 17.6 Å². The van der Waals surface area contributed by atoms with Crippen LogP contribution in [-0.2, 0) is 25.7 Å². The molecule has 5 atom stereocenters. The summed E-state index contributed by atoms with van der Waals surface area (Å²) >= 11 is 6.93. The van der Waals surface area contributed by atoms with Crippen molar-refractivity contribution < 1.29 is 24.0 Å². The van der Waals surface area contributed by atoms with Gasteiger partial charge in [0.1, 0.15) is 18.3 Å². The maximum atomic E-state index is 13.2. The maximum Gasteiger partial charge on any atom is 0.287 e. The average Bonchev–Trinajstić information content (AvgIpc) is 3.41. The van der Waals surface area contributed by atoms with Crippen LogP contribution in [0.2, 0.25) is 4.34 Å². The van der Waals surface area contributed by atoms with Gasteiger partial charge >= 0.3 is 0 Å². The Labute approximate surface area is 252 Å². The van der Waals surface area contributed by atoms with E-state index in [4.69, 9.17) is 11.6 Å². The van der Waals surface area contributed by atoms with Gasteiger partial charge in [-0.2, -0.15) is 0 Å². The van der Waals surface area contributed by atoms with Crippen LogP contribution in [0.4, 0.5) is 5.69 Å². The van der Waals surface area contributed by atoms with Crippen LogP contribution < -0.4 is 26.8 Å². The third-order valence-corrected chi connectivity index (χ3v) is 9.36. The molecule has 42 heavy (non-hydrogen) atoms. The Morgan fingerprint density at radius 3 is 2.62 bits per heavy atom. The van der Waals surface area contributed by atoms with Crippen LogP contribution in [0.1, 0.15) is 61.5 Å². The molecule has 0 radical (unpaired) electrons. The van der Waals surface area contributed by atoms with Crippen LogP contribution in [0, 0.1) is 17.8 Å². The van der Waals surface area contributed by atoms with Gasteiger partial charge in [0.15, 0.2) is 0 Å². The zero-order valence-electron chi connectivity index (χ0n) is 23.6. The van der Waals surface area contributed by atoms with Crippen LogP contribution >= 0.6 is 22.9 Å². The molecule has 0 aliphatic heterocycles. The van der Waals surface area contributed by atoms with E-state index in [1.54, 1.807) is 0 Å². The first-order chi connectivity index (χ1) is 20.0. The van der Waals surface area contributed by atoms with E-state index in [0.717, 1.165) is 36.5 Å². The van der Waals surface area contributed by atoms with Crippen molar-refractivity contribution in [2.75, 3.05) is 12.4 Å². The second-order valence-corrected chi connectivity index (χ2v) is 12.8. The highest BCUT2D eigenvalue weighted by Crippen LogP contribution is 2.42. The van der Waals surface area contributed by atoms with Gasteiger partial charge in [0.05, 0.1) is 9.21 Å². The number of hydrogen-bond donors (Lipinski definition) is 4. The van der Waals surface area contributed by atoms with E-state index in [0.29, 0.717) is 16.2 Å². The van der Waals surface area contributed by atoms with Gasteiger partial charge in [0, 0.05) is 25.7 Å². The molecule has 2 aromatic rings. The quantitative estimate of drug-likeness (QED) is 0.284. The number of carbonyl (C=O) groups excluding carboxylic acids is 5. The molecule has 2 aromatic heterocycles. The molecule has 0 spiro atoms. The van der Waals surface area contributed by atoms with Crippen molar-refractivity contribution >= 4 is 58.0 Å². The molecule has 13 heteroatoms. The number of pyridine rings is 1. The molecule has 2 aliphatic rings. The highest BCUT2D eigenvalue weighted by atomic mass is 35.5. The van der Waals surface area contributed by atoms with Gasteiger partial charge < -0.3 is 25.8 Å². The van der Waals surface area contributed by atoms with Crippen LogP contribution in [0.3, 0.4) is 0 Å². The first kappa shape index (κ1) is 31.4. The van der Waals surface area contributed by atoms with Gasteiger partial charge in [-0.05, 0) is 67.7 Å². The molecule has 4 amide bonds. The van der Waals surface area contributed by atoms with Crippen molar-refractivity contribution in [3.63, 3.8) is 0 Å². The number of hydrogen-bond acceptors (Lipinski definition) is 7. The number of fused-ring (bicyclic) bond motifs is 2. The number of carbonyl (C=O) groups is 5. The lowest BCUT2D eigenvalue weighted by Gasteiger charge is -2.44. The number of nitrogens with one attached hydrogen (secondary N) is 4. The Morgan fingerprint density at radius 1 is 1.12 bits per heavy atom. The minimum absolute atomic E-state index is 0.0766. The summed E-state index contributed by atoms with van der Waals surface area (Å²) in [6.45, 7) is 1.96. The number of ketones is 1. The molecule has 2 bridgehead atoms. The summed E-state index contributed by atoms with van der Waals surface area (Å²) in [5.74, 6) is -1.64. The van der Waals surface area contributed by atoms with Crippen molar-refractivity contribution in [3.05, 3.63) is 50.0 Å². The standard InChI is InChI=1S/C29H36ClN5O6S/c1-16-13-17-5-3-6-18(14-17)25(16)34-24(37)15-35-12-4-7-20(29(35)41)33-26(38)19(8-9-21(36)27(39)31-2)32-28(40)22-10-11-23(30)42-22/h4,7,10-12,16-19,25H,3,5-6,8-9,13-15H2,1-2H3,(H,31,39)(H,32,40)(H,33,38)(H,34,37). The Kier molecular flexibility index (Phi) is 10.6. The van der Waals surface area contributed by atoms with E-state index >= 15 is 0 Å². The van der Waals surface area contributed by atoms with Gasteiger partial charge in [-0.15, -0.1) is 11.3 Å². The largest absolute Gasteiger partial charge is 0.353 e. The van der Waals surface area contributed by atoms with E-state index in [1.165, 1.54) is 54.9 Å². The Hall–Kier alpha value is -3.51. The number of aromatic nitrogens is 1. The lowest BCUT2D eigenvalue weighted by Crippen LogP contribution is -2.50. The van der Waals surface area contributed by atoms with Crippen LogP contribution in [-0.4, -0.2) is 53.1 Å². The lowest BCUT2D eigenvalue weighted by molar-refractivity contribution is -0.137. The van der Waals surface area contributed by atoms with E-state index < -0.39 is 35.1 Å². The average molecular weight is 618 g/mol. The molecular formula is C29H36ClN5O6S. The lowest BCUT2D eigenvalue weighted by atomic mass is 9.65. The summed E-state index contributed by atoms with van der Waals surface area (Å²) in [6.07, 6.45) is 6.72. The van der Waals surface area contributed by atoms with Gasteiger partial charge in [0.25, 0.3) is 17.4 Å². The number of rotatable bonds is 11. The zero-order chi connectivity index (χ0) is 30.4. The van der Waals surface area contributed by atoms with E-state index in [1.807, 2.05) is 0 Å². The summed E-state index contributed by atoms with van der Waals surface area (Å²) in [4.78, 5) is 76.1. The number of anilines is 1. The maximum absolute atomic E-state index is 13.2. The molecule has 2 fully saturated rings. The van der Waals surface area contributed by atoms with E-state index in [-0.39, 0.29) is 41.9 Å². The summed E-state index contributed by atoms with van der Waals surface area (Å²) in [5, 5.41) is 10.5. The Balaban J connectivity index is 1.43. The molecule has 226 valence electrons. The number of halogens is 1. The normalized spacial score (nSPS) is 22.0. The number of nitrogens with zero attached hydrogens (tertiary/aromatic N) is 1. The molecule has 2 saturated carbocycles. The molecule has 2 aliphatic carbocycles. The summed E-state index contributed by atoms with van der Waals surface area (Å²) in [7, 11) is 1.31. The van der Waals surface area contributed by atoms with Crippen molar-refractivity contribution in [1.29, 1.82) is 0 Å². The fourth-order valence-electron chi connectivity index (χ4n) is 6.10. The fourth-order valence-corrected chi connectivity index (χ4v) is 7.04. The molecular weight excluding hydrogens is 582 g/mol. The minimum atomic E-state index is -1.24. The Morgan fingerprint density at radius 2 is 1.90 bits per heavy atom. The van der Waals surface area contributed by atoms with Crippen LogP contribution in [0.25, 0.3) is 0 Å². The predicted octanol–water partition coefficient (Wildman–Crippen LogP) is 2.73. The molecule has 0 aromatic carbocycles. The van der Waals surface area contributed by atoms with Gasteiger partial charge in [-0.3, -0.25) is 28.8 Å². The van der Waals surface area contributed by atoms with Gasteiger partial charge in [-0.1, -0.05) is 31.4 Å². The number of Topliss-reactive ketones (excluding diaryl/α,β-unsaturated/α-hetero) is 1. The van der Waals surface area contributed by atoms with E-state index in [2.05, 4.69) is 28.2 Å². The SMILES string of the molecule is CNC(=O)C(=O)CCC(NC(=O)c1ccc(Cl)s1)C(=O)Nc1cccn(CC(=O)NC2C(C)CC3CCCC2C3)c1=O. The summed E-state index contributed by atoms with van der Waals surface area (Å²) in [5.41, 5.74) is -0.681. The molecule has 4 rings (SSSR count). The first-order valence-corrected chi connectivity index (χ1v) is 15.4. The number of likely N-dealkylation sites (N-methyl/N-ethyl adjacent to an activating group) is 1. The summed E-state index contributed by atoms with van der Waals surface area (Å²) < 4.78 is 1.60. The number of thiophene rings is 1. The molecule has 5 unspecified atom stereocenters. The van der Waals surface area contributed by atoms with Crippen molar-refractivity contribution in [2.24, 2.45) is 17.8 Å². The molecule has 0 saturated heterocycles. The smallest absolute Gasteiger partial charge is 0.287 e. The summed E-state index contributed by atoms with van der Waals surface area (Å²) in [6, 6.07) is 4.80. The van der Waals surface area contributed by atoms with Gasteiger partial charge in [-0.25, -0.2) is 0 Å². The monoisotopic (exact) mass is 617 g/mol. The third-order valence-electron chi connectivity index (χ3n) is 8.13. The second kappa shape index (κ2) is 14.1. The second-order valence-electron chi connectivity index (χ2n) is 11.1. The van der Waals surface area contributed by atoms with Crippen molar-refractivity contribution in [1.82, 2.24) is 20.5 Å². The fraction of sp³-hybridized carbons (Fsp3) is 0.517. The van der Waals surface area contributed by atoms with Crippen molar-refractivity contribution in [3.8, 4) is 0 Å². The Bertz CT molecular complexity index is 1400.